The number of ether oxygens (including phenoxy) is 3. The van der Waals surface area contributed by atoms with Crippen LogP contribution >= 0.6 is 11.6 Å². The Morgan fingerprint density at radius 3 is 2.80 bits per heavy atom. The Balaban J connectivity index is 1.63. The molecule has 0 saturated carbocycles. The van der Waals surface area contributed by atoms with Crippen LogP contribution in [0.5, 0.6) is 5.75 Å². The van der Waals surface area contributed by atoms with Gasteiger partial charge >= 0.3 is 6.09 Å². The first-order chi connectivity index (χ1) is 16.6. The van der Waals surface area contributed by atoms with Crippen molar-refractivity contribution < 1.29 is 28.9 Å². The standard InChI is InChI=1S/C26H33ClN2O6/c1-15-7-5-6-10-26(32)14-21(35-25(31)28-26)16(2)24-19(34-24)8-9-22(30)29(3)18-12-17(11-15)13-20(33-4)23(18)27/h5-7,12-13,16,19,21,24,32H,8-11,14H2,1-4H3,(H,28,31)/b6-5+,15-7+/t16-,19+,21?,24+,26-/m1/s1. The number of hydrogen-bond donors (Lipinski definition) is 2. The third-order valence-electron chi connectivity index (χ3n) is 6.99. The summed E-state index contributed by atoms with van der Waals surface area (Å²) in [4.78, 5) is 26.8. The number of rotatable bonds is 1. The highest BCUT2D eigenvalue weighted by Gasteiger charge is 2.50. The predicted octanol–water partition coefficient (Wildman–Crippen LogP) is 4.13. The Morgan fingerprint density at radius 2 is 2.06 bits per heavy atom. The number of hydrogen-bond acceptors (Lipinski definition) is 6. The van der Waals surface area contributed by atoms with E-state index in [1.165, 1.54) is 0 Å². The van der Waals surface area contributed by atoms with E-state index >= 15 is 0 Å². The van der Waals surface area contributed by atoms with E-state index in [9.17, 15) is 14.7 Å². The number of benzene rings is 1. The molecule has 2 N–H and O–H groups in total. The first kappa shape index (κ1) is 25.5. The number of nitrogens with one attached hydrogen (secondary N) is 1. The summed E-state index contributed by atoms with van der Waals surface area (Å²) in [7, 11) is 3.27. The summed E-state index contributed by atoms with van der Waals surface area (Å²) in [6.07, 6.45) is 6.25. The predicted molar refractivity (Wildman–Crippen MR) is 133 cm³/mol. The molecule has 4 rings (SSSR count). The molecule has 35 heavy (non-hydrogen) atoms. The fraction of sp³-hybridized carbons (Fsp3) is 0.538. The summed E-state index contributed by atoms with van der Waals surface area (Å²) >= 11 is 6.56. The monoisotopic (exact) mass is 504 g/mol. The molecule has 3 aliphatic rings. The van der Waals surface area contributed by atoms with Gasteiger partial charge in [-0.25, -0.2) is 4.79 Å². The zero-order chi connectivity index (χ0) is 25.3. The molecule has 2 fully saturated rings. The second kappa shape index (κ2) is 10.2. The van der Waals surface area contributed by atoms with Crippen molar-refractivity contribution in [3.63, 3.8) is 0 Å². The molecule has 0 aliphatic carbocycles. The molecule has 190 valence electrons. The van der Waals surface area contributed by atoms with Crippen LogP contribution in [0.15, 0.2) is 35.9 Å². The van der Waals surface area contributed by atoms with Crippen LogP contribution in [0, 0.1) is 5.92 Å². The van der Waals surface area contributed by atoms with Gasteiger partial charge in [0.05, 0.1) is 25.0 Å². The Morgan fingerprint density at radius 1 is 1.29 bits per heavy atom. The van der Waals surface area contributed by atoms with Crippen molar-refractivity contribution in [3.8, 4) is 5.75 Å². The van der Waals surface area contributed by atoms with Crippen molar-refractivity contribution in [3.05, 3.63) is 46.5 Å². The average molecular weight is 505 g/mol. The van der Waals surface area contributed by atoms with Crippen LogP contribution < -0.4 is 15.0 Å². The highest BCUT2D eigenvalue weighted by molar-refractivity contribution is 6.35. The maximum Gasteiger partial charge on any atom is 0.409 e. The van der Waals surface area contributed by atoms with Crippen molar-refractivity contribution in [2.24, 2.45) is 5.92 Å². The van der Waals surface area contributed by atoms with Gasteiger partial charge in [0.15, 0.2) is 0 Å². The maximum absolute atomic E-state index is 13.0. The molecule has 3 aliphatic heterocycles. The van der Waals surface area contributed by atoms with E-state index in [4.69, 9.17) is 25.8 Å². The lowest BCUT2D eigenvalue weighted by Crippen LogP contribution is -2.57. The van der Waals surface area contributed by atoms with Crippen molar-refractivity contribution >= 4 is 29.3 Å². The van der Waals surface area contributed by atoms with Crippen molar-refractivity contribution in [2.75, 3.05) is 19.1 Å². The van der Waals surface area contributed by atoms with Crippen molar-refractivity contribution in [1.82, 2.24) is 5.32 Å². The minimum atomic E-state index is -1.39. The molecule has 4 bridgehead atoms. The van der Waals surface area contributed by atoms with Gasteiger partial charge in [-0.1, -0.05) is 42.3 Å². The second-order valence-electron chi connectivity index (χ2n) is 9.75. The largest absolute Gasteiger partial charge is 0.495 e. The van der Waals surface area contributed by atoms with E-state index in [0.717, 1.165) is 11.1 Å². The Kier molecular flexibility index (Phi) is 7.45. The van der Waals surface area contributed by atoms with Crippen LogP contribution in [0.3, 0.4) is 0 Å². The number of carbonyl (C=O) groups is 2. The molecule has 0 spiro atoms. The number of anilines is 1. The lowest BCUT2D eigenvalue weighted by molar-refractivity contribution is -0.118. The van der Waals surface area contributed by atoms with Gasteiger partial charge in [0, 0.05) is 32.2 Å². The van der Waals surface area contributed by atoms with Crippen LogP contribution in [0.4, 0.5) is 10.5 Å². The summed E-state index contributed by atoms with van der Waals surface area (Å²) in [5, 5.41) is 14.0. The Labute approximate surface area is 210 Å². The summed E-state index contributed by atoms with van der Waals surface area (Å²) in [5.74, 6) is 0.315. The van der Waals surface area contributed by atoms with Crippen LogP contribution in [0.1, 0.15) is 45.1 Å². The van der Waals surface area contributed by atoms with Crippen LogP contribution in [-0.4, -0.2) is 55.3 Å². The SMILES string of the molecule is COc1cc2cc(c1Cl)N(C)C(=O)CC[C@@H]1O[C@H]1[C@H](C)C1C[C@](O)(C/C=C/C=C(\C)C2)NC(=O)O1. The smallest absolute Gasteiger partial charge is 0.409 e. The van der Waals surface area contributed by atoms with Crippen LogP contribution in [0.25, 0.3) is 0 Å². The van der Waals surface area contributed by atoms with E-state index in [1.807, 2.05) is 44.2 Å². The Hall–Kier alpha value is -2.55. The zero-order valence-electron chi connectivity index (χ0n) is 20.5. The Bertz CT molecular complexity index is 1060. The van der Waals surface area contributed by atoms with Crippen molar-refractivity contribution in [2.45, 2.75) is 70.0 Å². The molecule has 2 amide bonds. The summed E-state index contributed by atoms with van der Waals surface area (Å²) in [5.41, 5.74) is 1.23. The number of allylic oxidation sites excluding steroid dienone is 3. The van der Waals surface area contributed by atoms with E-state index in [-0.39, 0.29) is 43.3 Å². The molecule has 2 saturated heterocycles. The summed E-state index contributed by atoms with van der Waals surface area (Å²) in [6.45, 7) is 3.95. The quantitative estimate of drug-likeness (QED) is 0.558. The molecule has 1 unspecified atom stereocenters. The van der Waals surface area contributed by atoms with Gasteiger partial charge in [-0.3, -0.25) is 10.1 Å². The van der Waals surface area contributed by atoms with E-state index in [0.29, 0.717) is 29.3 Å². The molecular formula is C26H33ClN2O6. The van der Waals surface area contributed by atoms with E-state index < -0.39 is 17.9 Å². The number of amides is 2. The second-order valence-corrected chi connectivity index (χ2v) is 10.1. The maximum atomic E-state index is 13.0. The lowest BCUT2D eigenvalue weighted by atomic mass is 9.89. The number of epoxide rings is 1. The number of methoxy groups -OCH3 is 1. The van der Waals surface area contributed by atoms with Gasteiger partial charge < -0.3 is 24.2 Å². The van der Waals surface area contributed by atoms with Crippen LogP contribution in [-0.2, 0) is 20.7 Å². The van der Waals surface area contributed by atoms with Crippen molar-refractivity contribution in [1.29, 1.82) is 0 Å². The van der Waals surface area contributed by atoms with Gasteiger partial charge in [0.1, 0.15) is 22.6 Å². The van der Waals surface area contributed by atoms with Gasteiger partial charge in [-0.05, 0) is 37.5 Å². The van der Waals surface area contributed by atoms with Gasteiger partial charge in [0.2, 0.25) is 5.91 Å². The summed E-state index contributed by atoms with van der Waals surface area (Å²) < 4.78 is 16.8. The highest BCUT2D eigenvalue weighted by Crippen LogP contribution is 2.40. The number of carbonyl (C=O) groups excluding carboxylic acids is 2. The number of aliphatic hydroxyl groups is 1. The molecule has 3 heterocycles. The number of alkyl carbamates (subject to hydrolysis) is 1. The number of fused-ring (bicyclic) bond motifs is 5. The number of nitrogens with zero attached hydrogens (tertiary/aromatic N) is 1. The molecule has 9 heteroatoms. The molecule has 0 aromatic heterocycles. The first-order valence-electron chi connectivity index (χ1n) is 11.9. The normalized spacial score (nSPS) is 34.1. The molecule has 0 radical (unpaired) electrons. The van der Waals surface area contributed by atoms with Gasteiger partial charge in [-0.15, -0.1) is 0 Å². The topological polar surface area (TPSA) is 101 Å². The minimum absolute atomic E-state index is 0.0798. The molecule has 5 atom stereocenters. The van der Waals surface area contributed by atoms with Gasteiger partial charge in [0.25, 0.3) is 0 Å². The lowest BCUT2D eigenvalue weighted by Gasteiger charge is -2.38. The molecule has 1 aromatic carbocycles. The fourth-order valence-corrected chi connectivity index (χ4v) is 5.16. The zero-order valence-corrected chi connectivity index (χ0v) is 21.3. The fourth-order valence-electron chi connectivity index (χ4n) is 4.85. The average Bonchev–Trinajstić information content (AvgIpc) is 3.59. The molecular weight excluding hydrogens is 472 g/mol. The van der Waals surface area contributed by atoms with Gasteiger partial charge in [-0.2, -0.15) is 0 Å². The molecule has 1 aromatic rings. The van der Waals surface area contributed by atoms with Crippen LogP contribution in [0.2, 0.25) is 5.02 Å². The number of halogens is 1. The molecule has 8 nitrogen and oxygen atoms in total. The first-order valence-corrected chi connectivity index (χ1v) is 12.3. The van der Waals surface area contributed by atoms with E-state index in [2.05, 4.69) is 5.32 Å². The third kappa shape index (κ3) is 5.82. The minimum Gasteiger partial charge on any atom is -0.495 e. The third-order valence-corrected chi connectivity index (χ3v) is 7.37. The summed E-state index contributed by atoms with van der Waals surface area (Å²) in [6, 6.07) is 3.79. The van der Waals surface area contributed by atoms with E-state index in [1.54, 1.807) is 19.1 Å². The highest BCUT2D eigenvalue weighted by atomic mass is 35.5.